The molecule has 40 heavy (non-hydrogen) atoms. The van der Waals surface area contributed by atoms with Gasteiger partial charge in [0.15, 0.2) is 0 Å². The van der Waals surface area contributed by atoms with Crippen molar-refractivity contribution in [2.24, 2.45) is 17.8 Å². The van der Waals surface area contributed by atoms with E-state index >= 15 is 0 Å². The lowest BCUT2D eigenvalue weighted by Crippen LogP contribution is -2.53. The van der Waals surface area contributed by atoms with Crippen LogP contribution in [0.2, 0.25) is 0 Å². The Morgan fingerprint density at radius 3 is 2.12 bits per heavy atom. The number of carbonyl (C=O) groups excluding carboxylic acids is 3. The number of Topliss-reactive ketones (excluding diaryl/α,β-unsaturated/α-hetero) is 1. The standard InChI is InChI=1S/C32H39NO6S/c1-39-32(38)27-13-8-14-29-33(27)30(35)25(17-18-40-29)21-28(34)24(19-22-9-4-2-5-10-22)15-16-26(31(36)37)20-23-11-6-3-7-12-23/h2-7,9-12,24-27,29H,8,13-21H2,1H3,(H,36,37)/t24-,25-,26-,27+,29+/m1/s1. The Labute approximate surface area is 240 Å². The molecule has 2 saturated heterocycles. The molecule has 2 heterocycles. The van der Waals surface area contributed by atoms with E-state index in [0.717, 1.165) is 29.7 Å². The van der Waals surface area contributed by atoms with Crippen molar-refractivity contribution in [3.8, 4) is 0 Å². The molecule has 4 rings (SSSR count). The molecule has 214 valence electrons. The van der Waals surface area contributed by atoms with E-state index in [1.54, 1.807) is 16.7 Å². The molecule has 2 aliphatic rings. The summed E-state index contributed by atoms with van der Waals surface area (Å²) in [7, 11) is 1.35. The SMILES string of the molecule is COC(=O)[C@@H]1CCC[C@@H]2SCC[C@H](CC(=O)[C@H](CC[C@H](Cc3ccccc3)C(=O)O)Cc3ccccc3)C(=O)N21. The van der Waals surface area contributed by atoms with Crippen LogP contribution in [0, 0.1) is 17.8 Å². The van der Waals surface area contributed by atoms with E-state index in [-0.39, 0.29) is 23.5 Å². The maximum Gasteiger partial charge on any atom is 0.328 e. The van der Waals surface area contributed by atoms with Crippen LogP contribution in [-0.4, -0.2) is 57.9 Å². The number of hydrogen-bond acceptors (Lipinski definition) is 6. The van der Waals surface area contributed by atoms with Crippen LogP contribution in [0.15, 0.2) is 60.7 Å². The number of carbonyl (C=O) groups is 4. The van der Waals surface area contributed by atoms with E-state index < -0.39 is 35.7 Å². The first-order chi connectivity index (χ1) is 19.4. The van der Waals surface area contributed by atoms with Gasteiger partial charge in [-0.15, -0.1) is 11.8 Å². The number of ether oxygens (including phenoxy) is 1. The largest absolute Gasteiger partial charge is 0.481 e. The molecule has 2 aromatic carbocycles. The molecular formula is C32H39NO6S. The van der Waals surface area contributed by atoms with Crippen molar-refractivity contribution in [3.63, 3.8) is 0 Å². The van der Waals surface area contributed by atoms with Crippen LogP contribution < -0.4 is 0 Å². The fraction of sp³-hybridized carbons (Fsp3) is 0.500. The molecule has 0 radical (unpaired) electrons. The number of benzene rings is 2. The van der Waals surface area contributed by atoms with E-state index in [1.165, 1.54) is 7.11 Å². The summed E-state index contributed by atoms with van der Waals surface area (Å²) in [5.74, 6) is -2.14. The second-order valence-corrected chi connectivity index (χ2v) is 12.2. The molecule has 0 bridgehead atoms. The van der Waals surface area contributed by atoms with Crippen molar-refractivity contribution in [1.82, 2.24) is 4.90 Å². The van der Waals surface area contributed by atoms with Gasteiger partial charge >= 0.3 is 11.9 Å². The average Bonchev–Trinajstić information content (AvgIpc) is 3.13. The van der Waals surface area contributed by atoms with E-state index in [0.29, 0.717) is 38.5 Å². The second-order valence-electron chi connectivity index (χ2n) is 10.9. The van der Waals surface area contributed by atoms with Gasteiger partial charge in [-0.05, 0) is 68.2 Å². The monoisotopic (exact) mass is 565 g/mol. The third kappa shape index (κ3) is 7.74. The van der Waals surface area contributed by atoms with Gasteiger partial charge < -0.3 is 14.7 Å². The number of ketones is 1. The number of carboxylic acid groups (broad SMARTS) is 1. The fourth-order valence-corrected chi connectivity index (χ4v) is 7.40. The molecule has 8 heteroatoms. The first-order valence-electron chi connectivity index (χ1n) is 14.2. The van der Waals surface area contributed by atoms with Crippen molar-refractivity contribution in [2.45, 2.75) is 69.2 Å². The van der Waals surface area contributed by atoms with Crippen LogP contribution in [0.5, 0.6) is 0 Å². The van der Waals surface area contributed by atoms with Gasteiger partial charge in [-0.2, -0.15) is 0 Å². The number of hydrogen-bond donors (Lipinski definition) is 1. The second kappa shape index (κ2) is 14.5. The van der Waals surface area contributed by atoms with E-state index in [4.69, 9.17) is 4.74 Å². The molecule has 1 N–H and O–H groups in total. The van der Waals surface area contributed by atoms with Crippen molar-refractivity contribution >= 4 is 35.4 Å². The summed E-state index contributed by atoms with van der Waals surface area (Å²) in [5.41, 5.74) is 1.97. The maximum absolute atomic E-state index is 13.8. The number of amides is 1. The minimum Gasteiger partial charge on any atom is -0.481 e. The molecule has 5 atom stereocenters. The molecule has 0 saturated carbocycles. The number of esters is 1. The van der Waals surface area contributed by atoms with Crippen molar-refractivity contribution in [1.29, 1.82) is 0 Å². The predicted molar refractivity (Wildman–Crippen MR) is 155 cm³/mol. The predicted octanol–water partition coefficient (Wildman–Crippen LogP) is 5.16. The smallest absolute Gasteiger partial charge is 0.328 e. The average molecular weight is 566 g/mol. The van der Waals surface area contributed by atoms with Crippen LogP contribution in [0.3, 0.4) is 0 Å². The molecule has 0 aromatic heterocycles. The molecule has 0 unspecified atom stereocenters. The Balaban J connectivity index is 1.49. The highest BCUT2D eigenvalue weighted by atomic mass is 32.2. The minimum atomic E-state index is -0.865. The number of methoxy groups -OCH3 is 1. The lowest BCUT2D eigenvalue weighted by atomic mass is 9.82. The summed E-state index contributed by atoms with van der Waals surface area (Å²) in [6, 6.07) is 18.7. The highest BCUT2D eigenvalue weighted by Crippen LogP contribution is 2.37. The summed E-state index contributed by atoms with van der Waals surface area (Å²) in [6.45, 7) is 0. The lowest BCUT2D eigenvalue weighted by molar-refractivity contribution is -0.157. The Kier molecular flexibility index (Phi) is 10.8. The number of nitrogens with zero attached hydrogens (tertiary/aromatic N) is 1. The van der Waals surface area contributed by atoms with Crippen LogP contribution in [-0.2, 0) is 36.8 Å². The summed E-state index contributed by atoms with van der Waals surface area (Å²) in [6.07, 6.45) is 4.67. The lowest BCUT2D eigenvalue weighted by Gasteiger charge is -2.40. The Hall–Kier alpha value is -3.13. The third-order valence-corrected chi connectivity index (χ3v) is 9.51. The van der Waals surface area contributed by atoms with Crippen molar-refractivity contribution in [3.05, 3.63) is 71.8 Å². The van der Waals surface area contributed by atoms with Gasteiger partial charge in [0.05, 0.1) is 18.4 Å². The first kappa shape index (κ1) is 29.8. The number of aliphatic carboxylic acids is 1. The van der Waals surface area contributed by atoms with Crippen molar-refractivity contribution < 1.29 is 29.0 Å². The summed E-state index contributed by atoms with van der Waals surface area (Å²) in [4.78, 5) is 53.9. The molecule has 1 amide bonds. The zero-order valence-corrected chi connectivity index (χ0v) is 23.9. The molecule has 0 spiro atoms. The quantitative estimate of drug-likeness (QED) is 0.355. The summed E-state index contributed by atoms with van der Waals surface area (Å²) in [5, 5.41) is 9.86. The number of piperidine rings is 1. The molecule has 2 fully saturated rings. The molecule has 2 aliphatic heterocycles. The molecule has 2 aromatic rings. The van der Waals surface area contributed by atoms with Gasteiger partial charge in [0.25, 0.3) is 0 Å². The number of thioether (sulfide) groups is 1. The van der Waals surface area contributed by atoms with Gasteiger partial charge in [-0.1, -0.05) is 60.7 Å². The summed E-state index contributed by atoms with van der Waals surface area (Å²) < 4.78 is 5.01. The first-order valence-corrected chi connectivity index (χ1v) is 15.3. The van der Waals surface area contributed by atoms with Gasteiger partial charge in [0.1, 0.15) is 11.8 Å². The van der Waals surface area contributed by atoms with E-state index in [2.05, 4.69) is 0 Å². The van der Waals surface area contributed by atoms with Crippen LogP contribution in [0.1, 0.15) is 56.1 Å². The van der Waals surface area contributed by atoms with Gasteiger partial charge in [-0.25, -0.2) is 4.79 Å². The van der Waals surface area contributed by atoms with E-state index in [9.17, 15) is 24.3 Å². The molecular weight excluding hydrogens is 526 g/mol. The topological polar surface area (TPSA) is 101 Å². The van der Waals surface area contributed by atoms with Crippen LogP contribution in [0.25, 0.3) is 0 Å². The molecule has 0 aliphatic carbocycles. The van der Waals surface area contributed by atoms with Crippen LogP contribution >= 0.6 is 11.8 Å². The zero-order valence-electron chi connectivity index (χ0n) is 23.1. The van der Waals surface area contributed by atoms with E-state index in [1.807, 2.05) is 60.7 Å². The maximum atomic E-state index is 13.8. The van der Waals surface area contributed by atoms with Gasteiger partial charge in [0, 0.05) is 18.3 Å². The number of fused-ring (bicyclic) bond motifs is 1. The fourth-order valence-electron chi connectivity index (χ4n) is 5.96. The molecule has 7 nitrogen and oxygen atoms in total. The highest BCUT2D eigenvalue weighted by molar-refractivity contribution is 7.99. The highest BCUT2D eigenvalue weighted by Gasteiger charge is 2.43. The summed E-state index contributed by atoms with van der Waals surface area (Å²) >= 11 is 1.68. The Morgan fingerprint density at radius 1 is 0.925 bits per heavy atom. The normalized spacial score (nSPS) is 22.5. The van der Waals surface area contributed by atoms with Crippen LogP contribution in [0.4, 0.5) is 0 Å². The van der Waals surface area contributed by atoms with Crippen molar-refractivity contribution in [2.75, 3.05) is 12.9 Å². The number of rotatable bonds is 12. The number of carboxylic acids is 1. The van der Waals surface area contributed by atoms with Gasteiger partial charge in [0.2, 0.25) is 5.91 Å². The zero-order chi connectivity index (χ0) is 28.5. The Morgan fingerprint density at radius 2 is 1.52 bits per heavy atom. The van der Waals surface area contributed by atoms with Gasteiger partial charge in [-0.3, -0.25) is 14.4 Å². The Bertz CT molecular complexity index is 1160. The minimum absolute atomic E-state index is 0.0128. The third-order valence-electron chi connectivity index (χ3n) is 8.19.